The number of aromatic nitrogens is 1. The van der Waals surface area contributed by atoms with Gasteiger partial charge in [0.15, 0.2) is 0 Å². The molecule has 0 unspecified atom stereocenters. The van der Waals surface area contributed by atoms with E-state index in [0.717, 1.165) is 0 Å². The van der Waals surface area contributed by atoms with E-state index in [0.29, 0.717) is 0 Å². The van der Waals surface area contributed by atoms with Crippen molar-refractivity contribution < 1.29 is 0 Å². The monoisotopic (exact) mass is 181 g/mol. The predicted octanol–water partition coefficient (Wildman–Crippen LogP) is 3.35. The van der Waals surface area contributed by atoms with Gasteiger partial charge < -0.3 is 4.40 Å². The van der Waals surface area contributed by atoms with Gasteiger partial charge in [-0.15, -0.1) is 0 Å². The number of aryl methyl sites for hydroxylation is 1. The van der Waals surface area contributed by atoms with E-state index in [4.69, 9.17) is 0 Å². The van der Waals surface area contributed by atoms with E-state index in [1.54, 1.807) is 0 Å². The van der Waals surface area contributed by atoms with Crippen molar-refractivity contribution in [2.24, 2.45) is 0 Å². The lowest BCUT2D eigenvalue weighted by Gasteiger charge is -2.10. The quantitative estimate of drug-likeness (QED) is 0.501. The Morgan fingerprint density at radius 2 is 1.79 bits per heavy atom. The molecule has 0 saturated heterocycles. The molecular weight excluding hydrogens is 170 g/mol. The van der Waals surface area contributed by atoms with Crippen LogP contribution in [-0.2, 0) is 0 Å². The zero-order chi connectivity index (χ0) is 9.54. The fraction of sp³-hybridized carbons (Fsp3) is 0.0769. The number of rotatable bonds is 0. The molecule has 0 N–H and O–H groups in total. The third-order valence-corrected chi connectivity index (χ3v) is 2.74. The predicted molar refractivity (Wildman–Crippen MR) is 58.8 cm³/mol. The molecule has 1 aliphatic heterocycles. The lowest BCUT2D eigenvalue weighted by molar-refractivity contribution is 1.14. The first-order chi connectivity index (χ1) is 6.86. The maximum absolute atomic E-state index is 2.18. The first-order valence-corrected chi connectivity index (χ1v) is 4.81. The lowest BCUT2D eigenvalue weighted by atomic mass is 10.1. The summed E-state index contributed by atoms with van der Waals surface area (Å²) in [4.78, 5) is 0. The molecule has 1 heteroatoms. The van der Waals surface area contributed by atoms with Crippen LogP contribution in [0.25, 0.3) is 16.6 Å². The van der Waals surface area contributed by atoms with Gasteiger partial charge in [0.2, 0.25) is 0 Å². The van der Waals surface area contributed by atoms with Crippen molar-refractivity contribution >= 4 is 5.52 Å². The summed E-state index contributed by atoms with van der Waals surface area (Å²) in [6.45, 7) is 2.15. The van der Waals surface area contributed by atoms with Gasteiger partial charge in [-0.3, -0.25) is 0 Å². The molecule has 0 amide bonds. The summed E-state index contributed by atoms with van der Waals surface area (Å²) in [5, 5.41) is 0. The Kier molecular flexibility index (Phi) is 1.42. The number of hydrogen-bond acceptors (Lipinski definition) is 0. The van der Waals surface area contributed by atoms with E-state index in [-0.39, 0.29) is 0 Å². The van der Waals surface area contributed by atoms with Gasteiger partial charge in [-0.25, -0.2) is 0 Å². The van der Waals surface area contributed by atoms with Crippen molar-refractivity contribution in [3.63, 3.8) is 0 Å². The first-order valence-electron chi connectivity index (χ1n) is 4.81. The highest BCUT2D eigenvalue weighted by atomic mass is 14.8. The van der Waals surface area contributed by atoms with E-state index in [9.17, 15) is 0 Å². The third kappa shape index (κ3) is 0.896. The molecule has 3 rings (SSSR count). The van der Waals surface area contributed by atoms with E-state index >= 15 is 0 Å². The molecule has 1 aromatic heterocycles. The number of nitrogens with zero attached hydrogens (tertiary/aromatic N) is 1. The van der Waals surface area contributed by atoms with Gasteiger partial charge in [-0.1, -0.05) is 24.3 Å². The van der Waals surface area contributed by atoms with Crippen molar-refractivity contribution in [1.29, 1.82) is 0 Å². The maximum atomic E-state index is 2.18. The second-order valence-electron chi connectivity index (χ2n) is 3.66. The highest BCUT2D eigenvalue weighted by molar-refractivity contribution is 5.84. The number of fused-ring (bicyclic) bond motifs is 3. The molecule has 1 aliphatic carbocycles. The molecule has 0 fully saturated rings. The van der Waals surface area contributed by atoms with Crippen molar-refractivity contribution in [1.82, 2.24) is 4.40 Å². The van der Waals surface area contributed by atoms with Crippen molar-refractivity contribution in [2.75, 3.05) is 0 Å². The van der Waals surface area contributed by atoms with Gasteiger partial charge in [0.25, 0.3) is 0 Å². The Hall–Kier alpha value is -1.76. The van der Waals surface area contributed by atoms with Crippen LogP contribution in [0.4, 0.5) is 0 Å². The largest absolute Gasteiger partial charge is 0.323 e. The lowest BCUT2D eigenvalue weighted by Crippen LogP contribution is -1.92. The Morgan fingerprint density at radius 1 is 0.929 bits per heavy atom. The summed E-state index contributed by atoms with van der Waals surface area (Å²) in [7, 11) is 0. The molecule has 1 nitrogen and oxygen atoms in total. The molecule has 14 heavy (non-hydrogen) atoms. The molecule has 68 valence electrons. The molecule has 0 aromatic carbocycles. The van der Waals surface area contributed by atoms with E-state index in [1.165, 1.54) is 22.2 Å². The van der Waals surface area contributed by atoms with Gasteiger partial charge in [-0.05, 0) is 30.2 Å². The fourth-order valence-electron chi connectivity index (χ4n) is 2.06. The molecule has 2 heterocycles. The van der Waals surface area contributed by atoms with E-state index in [1.807, 2.05) is 0 Å². The highest BCUT2D eigenvalue weighted by Gasteiger charge is 2.08. The summed E-state index contributed by atoms with van der Waals surface area (Å²) in [6, 6.07) is 12.8. The van der Waals surface area contributed by atoms with Gasteiger partial charge in [0.05, 0.1) is 5.52 Å². The molecular formula is C13H11N. The third-order valence-electron chi connectivity index (χ3n) is 2.74. The van der Waals surface area contributed by atoms with Gasteiger partial charge in [-0.2, -0.15) is 0 Å². The zero-order valence-corrected chi connectivity index (χ0v) is 8.07. The molecule has 0 radical (unpaired) electrons. The summed E-state index contributed by atoms with van der Waals surface area (Å²) >= 11 is 0. The summed E-state index contributed by atoms with van der Waals surface area (Å²) < 4.78 is 2.18. The van der Waals surface area contributed by atoms with Crippen LogP contribution < -0.4 is 0 Å². The van der Waals surface area contributed by atoms with Crippen LogP contribution in [0.5, 0.6) is 0 Å². The summed E-state index contributed by atoms with van der Waals surface area (Å²) in [5.74, 6) is 0. The summed E-state index contributed by atoms with van der Waals surface area (Å²) in [5.41, 5.74) is 5.30. The normalized spacial score (nSPS) is 11.2. The number of hydrogen-bond donors (Lipinski definition) is 0. The van der Waals surface area contributed by atoms with Crippen LogP contribution >= 0.6 is 0 Å². The molecule has 0 atom stereocenters. The van der Waals surface area contributed by atoms with Crippen LogP contribution in [-0.4, -0.2) is 4.40 Å². The average Bonchev–Trinajstić information content (AvgIpc) is 2.67. The molecule has 0 spiro atoms. The molecule has 1 aromatic rings. The van der Waals surface area contributed by atoms with Crippen molar-refractivity contribution in [2.45, 2.75) is 6.92 Å². The smallest absolute Gasteiger partial charge is 0.0527 e. The maximum Gasteiger partial charge on any atom is 0.0527 e. The topological polar surface area (TPSA) is 4.41 Å². The molecule has 0 saturated carbocycles. The van der Waals surface area contributed by atoms with Crippen LogP contribution in [0, 0.1) is 6.92 Å². The number of pyridine rings is 2. The molecule has 2 aliphatic rings. The van der Waals surface area contributed by atoms with Crippen molar-refractivity contribution in [3.8, 4) is 11.1 Å². The van der Waals surface area contributed by atoms with E-state index < -0.39 is 0 Å². The van der Waals surface area contributed by atoms with Crippen molar-refractivity contribution in [3.05, 3.63) is 54.4 Å². The fourth-order valence-corrected chi connectivity index (χ4v) is 2.06. The Labute approximate surface area is 83.0 Å². The minimum atomic E-state index is 1.28. The molecule has 0 bridgehead atoms. The van der Waals surface area contributed by atoms with Gasteiger partial charge in [0.1, 0.15) is 0 Å². The summed E-state index contributed by atoms with van der Waals surface area (Å²) in [6.07, 6.45) is 4.27. The Balaban J connectivity index is 2.58. The standard InChI is InChI=1S/C13H11N/c1-10-9-14-8-3-2-7-13(14)12-6-4-5-11(10)12/h2-9H,1H3. The second-order valence-corrected chi connectivity index (χ2v) is 3.66. The SMILES string of the molecule is Cc1cn2ccccc2c2cccc1-2. The Morgan fingerprint density at radius 3 is 2.71 bits per heavy atom. The Bertz CT molecular complexity index is 563. The van der Waals surface area contributed by atoms with Crippen LogP contribution in [0.15, 0.2) is 48.8 Å². The van der Waals surface area contributed by atoms with Crippen LogP contribution in [0.1, 0.15) is 5.56 Å². The van der Waals surface area contributed by atoms with Gasteiger partial charge >= 0.3 is 0 Å². The minimum Gasteiger partial charge on any atom is -0.323 e. The average molecular weight is 181 g/mol. The zero-order valence-electron chi connectivity index (χ0n) is 8.07. The minimum absolute atomic E-state index is 1.28. The first kappa shape index (κ1) is 7.63. The van der Waals surface area contributed by atoms with Gasteiger partial charge in [0, 0.05) is 18.0 Å². The van der Waals surface area contributed by atoms with Crippen LogP contribution in [0.3, 0.4) is 0 Å². The highest BCUT2D eigenvalue weighted by Crippen LogP contribution is 2.30. The second kappa shape index (κ2) is 2.61. The van der Waals surface area contributed by atoms with E-state index in [2.05, 4.69) is 60.1 Å². The van der Waals surface area contributed by atoms with Crippen LogP contribution in [0.2, 0.25) is 0 Å².